The van der Waals surface area contributed by atoms with E-state index < -0.39 is 23.5 Å². The summed E-state index contributed by atoms with van der Waals surface area (Å²) in [6, 6.07) is 16.2. The number of carbonyl (C=O) groups excluding carboxylic acids is 2. The molecule has 0 radical (unpaired) electrons. The monoisotopic (exact) mass is 489 g/mol. The van der Waals surface area contributed by atoms with E-state index in [1.165, 1.54) is 48.4 Å². The van der Waals surface area contributed by atoms with Gasteiger partial charge >= 0.3 is 0 Å². The van der Waals surface area contributed by atoms with E-state index >= 15 is 0 Å². The van der Waals surface area contributed by atoms with Crippen LogP contribution >= 0.6 is 0 Å². The average molecular weight is 490 g/mol. The fourth-order valence-electron chi connectivity index (χ4n) is 4.38. The van der Waals surface area contributed by atoms with Crippen molar-refractivity contribution in [2.75, 3.05) is 7.11 Å². The van der Waals surface area contributed by atoms with E-state index in [9.17, 15) is 24.2 Å². The van der Waals surface area contributed by atoms with Gasteiger partial charge in [-0.25, -0.2) is 4.39 Å². The molecule has 186 valence electrons. The predicted octanol–water partition coefficient (Wildman–Crippen LogP) is 5.46. The third-order valence-electron chi connectivity index (χ3n) is 6.31. The van der Waals surface area contributed by atoms with Gasteiger partial charge in [-0.05, 0) is 58.5 Å². The average Bonchev–Trinajstić information content (AvgIpc) is 3.09. The van der Waals surface area contributed by atoms with E-state index in [1.807, 2.05) is 26.8 Å². The van der Waals surface area contributed by atoms with Gasteiger partial charge in [0, 0.05) is 6.54 Å². The molecule has 2 N–H and O–H groups in total. The summed E-state index contributed by atoms with van der Waals surface area (Å²) in [5.41, 5.74) is 1.88. The van der Waals surface area contributed by atoms with E-state index in [1.54, 1.807) is 24.3 Å². The van der Waals surface area contributed by atoms with Crippen LogP contribution in [0.2, 0.25) is 0 Å². The zero-order valence-electron chi connectivity index (χ0n) is 20.6. The van der Waals surface area contributed by atoms with Crippen LogP contribution in [0.25, 0.3) is 5.76 Å². The number of benzene rings is 3. The lowest BCUT2D eigenvalue weighted by atomic mass is 9.85. The van der Waals surface area contributed by atoms with Crippen molar-refractivity contribution in [2.45, 2.75) is 38.8 Å². The van der Waals surface area contributed by atoms with Gasteiger partial charge in [0.1, 0.15) is 23.1 Å². The number of carbonyl (C=O) groups is 2. The number of amides is 1. The molecule has 0 bridgehead atoms. The molecule has 1 fully saturated rings. The number of nitrogens with zero attached hydrogens (tertiary/aromatic N) is 1. The first-order valence-corrected chi connectivity index (χ1v) is 11.5. The predicted molar refractivity (Wildman–Crippen MR) is 134 cm³/mol. The second-order valence-corrected chi connectivity index (χ2v) is 9.81. The summed E-state index contributed by atoms with van der Waals surface area (Å²) in [5.74, 6) is -2.15. The van der Waals surface area contributed by atoms with Crippen LogP contribution < -0.4 is 4.74 Å². The van der Waals surface area contributed by atoms with Crippen LogP contribution in [-0.2, 0) is 21.5 Å². The molecule has 1 atom stereocenters. The first-order valence-electron chi connectivity index (χ1n) is 11.5. The van der Waals surface area contributed by atoms with E-state index in [-0.39, 0.29) is 34.6 Å². The minimum Gasteiger partial charge on any atom is -0.508 e. The largest absolute Gasteiger partial charge is 0.508 e. The van der Waals surface area contributed by atoms with Gasteiger partial charge in [-0.1, -0.05) is 51.1 Å². The molecule has 0 aromatic heterocycles. The number of methoxy groups -OCH3 is 1. The van der Waals surface area contributed by atoms with Gasteiger partial charge in [-0.2, -0.15) is 0 Å². The molecule has 0 aliphatic carbocycles. The quantitative estimate of drug-likeness (QED) is 0.282. The van der Waals surface area contributed by atoms with Crippen molar-refractivity contribution >= 4 is 17.4 Å². The van der Waals surface area contributed by atoms with Gasteiger partial charge in [0.2, 0.25) is 0 Å². The topological polar surface area (TPSA) is 87.1 Å². The summed E-state index contributed by atoms with van der Waals surface area (Å²) in [5, 5.41) is 21.7. The molecule has 3 aromatic carbocycles. The van der Waals surface area contributed by atoms with Crippen LogP contribution in [0.15, 0.2) is 72.3 Å². The van der Waals surface area contributed by atoms with Crippen molar-refractivity contribution in [2.24, 2.45) is 0 Å². The van der Waals surface area contributed by atoms with E-state index in [2.05, 4.69) is 0 Å². The Morgan fingerprint density at radius 1 is 1.03 bits per heavy atom. The number of halogens is 1. The minimum absolute atomic E-state index is 0.00111. The molecule has 1 unspecified atom stereocenters. The number of hydrogen-bond acceptors (Lipinski definition) is 5. The van der Waals surface area contributed by atoms with Crippen molar-refractivity contribution in [1.29, 1.82) is 0 Å². The molecule has 0 spiro atoms. The SMILES string of the molecule is COc1ccc(C(C)(C)C)cc1/C(O)=C1\C(=O)C(=O)N(Cc2ccc(F)cc2)C1c1cccc(O)c1. The first kappa shape index (κ1) is 25.0. The molecule has 1 aliphatic rings. The maximum absolute atomic E-state index is 13.5. The van der Waals surface area contributed by atoms with Gasteiger partial charge in [0.25, 0.3) is 11.7 Å². The molecule has 0 saturated carbocycles. The first-order chi connectivity index (χ1) is 17.0. The number of phenolic OH excluding ortho intramolecular Hbond substituents is 1. The second kappa shape index (κ2) is 9.49. The zero-order chi connectivity index (χ0) is 26.2. The van der Waals surface area contributed by atoms with Crippen molar-refractivity contribution in [3.8, 4) is 11.5 Å². The molecule has 1 heterocycles. The van der Waals surface area contributed by atoms with Crippen LogP contribution in [0.1, 0.15) is 49.1 Å². The van der Waals surface area contributed by atoms with Crippen molar-refractivity contribution in [3.63, 3.8) is 0 Å². The lowest BCUT2D eigenvalue weighted by Gasteiger charge is -2.26. The summed E-state index contributed by atoms with van der Waals surface area (Å²) in [6.07, 6.45) is 0. The highest BCUT2D eigenvalue weighted by Crippen LogP contribution is 2.43. The third-order valence-corrected chi connectivity index (χ3v) is 6.31. The number of hydrogen-bond donors (Lipinski definition) is 2. The van der Waals surface area contributed by atoms with Gasteiger partial charge < -0.3 is 19.8 Å². The molecule has 1 saturated heterocycles. The van der Waals surface area contributed by atoms with Crippen molar-refractivity contribution < 1.29 is 28.9 Å². The lowest BCUT2D eigenvalue weighted by Crippen LogP contribution is -2.29. The number of aliphatic hydroxyl groups is 1. The normalized spacial score (nSPS) is 17.5. The van der Waals surface area contributed by atoms with E-state index in [0.29, 0.717) is 16.9 Å². The van der Waals surface area contributed by atoms with E-state index in [0.717, 1.165) is 5.56 Å². The summed E-state index contributed by atoms with van der Waals surface area (Å²) in [6.45, 7) is 6.06. The summed E-state index contributed by atoms with van der Waals surface area (Å²) >= 11 is 0. The molecule has 7 heteroatoms. The summed E-state index contributed by atoms with van der Waals surface area (Å²) in [7, 11) is 1.46. The fraction of sp³-hybridized carbons (Fsp3) is 0.241. The fourth-order valence-corrected chi connectivity index (χ4v) is 4.38. The van der Waals surface area contributed by atoms with Gasteiger partial charge in [0.15, 0.2) is 0 Å². The Morgan fingerprint density at radius 2 is 1.72 bits per heavy atom. The number of rotatable bonds is 5. The number of ether oxygens (including phenoxy) is 1. The minimum atomic E-state index is -0.981. The molecule has 4 rings (SSSR count). The van der Waals surface area contributed by atoms with Crippen LogP contribution in [0, 0.1) is 5.82 Å². The second-order valence-electron chi connectivity index (χ2n) is 9.81. The summed E-state index contributed by atoms with van der Waals surface area (Å²) < 4.78 is 18.9. The van der Waals surface area contributed by atoms with Crippen molar-refractivity contribution in [1.82, 2.24) is 4.90 Å². The van der Waals surface area contributed by atoms with Gasteiger partial charge in [-0.3, -0.25) is 9.59 Å². The van der Waals surface area contributed by atoms with Gasteiger partial charge in [-0.15, -0.1) is 0 Å². The number of likely N-dealkylation sites (tertiary alicyclic amines) is 1. The van der Waals surface area contributed by atoms with Crippen LogP contribution in [-0.4, -0.2) is 33.9 Å². The van der Waals surface area contributed by atoms with Crippen molar-refractivity contribution in [3.05, 3.63) is 100 Å². The molecular formula is C29H28FNO5. The van der Waals surface area contributed by atoms with Crippen LogP contribution in [0.3, 0.4) is 0 Å². The number of phenols is 1. The third kappa shape index (κ3) is 4.69. The number of ketones is 1. The standard InChI is InChI=1S/C29H28FNO5/c1-29(2,3)19-10-13-23(36-4)22(15-19)26(33)24-25(18-6-5-7-21(32)14-18)31(28(35)27(24)34)16-17-8-11-20(30)12-9-17/h5-15,25,32-33H,16H2,1-4H3/b26-24+. The Balaban J connectivity index is 1.92. The molecule has 36 heavy (non-hydrogen) atoms. The molecule has 3 aromatic rings. The lowest BCUT2D eigenvalue weighted by molar-refractivity contribution is -0.140. The highest BCUT2D eigenvalue weighted by atomic mass is 19.1. The van der Waals surface area contributed by atoms with E-state index in [4.69, 9.17) is 4.74 Å². The Hall–Kier alpha value is -4.13. The molecule has 6 nitrogen and oxygen atoms in total. The van der Waals surface area contributed by atoms with Gasteiger partial charge in [0.05, 0.1) is 24.3 Å². The Morgan fingerprint density at radius 3 is 2.33 bits per heavy atom. The molecular weight excluding hydrogens is 461 g/mol. The Bertz CT molecular complexity index is 1350. The van der Waals surface area contributed by atoms with Crippen LogP contribution in [0.5, 0.6) is 11.5 Å². The highest BCUT2D eigenvalue weighted by Gasteiger charge is 2.46. The molecule has 1 amide bonds. The number of aliphatic hydroxyl groups excluding tert-OH is 1. The zero-order valence-corrected chi connectivity index (χ0v) is 20.6. The van der Waals surface area contributed by atoms with Crippen LogP contribution in [0.4, 0.5) is 4.39 Å². The summed E-state index contributed by atoms with van der Waals surface area (Å²) in [4.78, 5) is 27.9. The molecule has 1 aliphatic heterocycles. The smallest absolute Gasteiger partial charge is 0.295 e. The number of aromatic hydroxyl groups is 1. The Labute approximate surface area is 209 Å². The number of Topliss-reactive ketones (excluding diaryl/α,β-unsaturated/α-hetero) is 1. The Kier molecular flexibility index (Phi) is 6.59. The highest BCUT2D eigenvalue weighted by molar-refractivity contribution is 6.46. The maximum Gasteiger partial charge on any atom is 0.295 e. The maximum atomic E-state index is 13.5.